The van der Waals surface area contributed by atoms with E-state index in [-0.39, 0.29) is 23.8 Å². The van der Waals surface area contributed by atoms with Crippen molar-refractivity contribution in [1.82, 2.24) is 9.62 Å². The number of hydrogen-bond acceptors (Lipinski definition) is 3. The predicted octanol–water partition coefficient (Wildman–Crippen LogP) is 0.979. The van der Waals surface area contributed by atoms with Crippen LogP contribution in [0.5, 0.6) is 0 Å². The third kappa shape index (κ3) is 3.50. The molecular formula is C13H17ClN2O3S. The van der Waals surface area contributed by atoms with Crippen molar-refractivity contribution < 1.29 is 13.2 Å². The van der Waals surface area contributed by atoms with Gasteiger partial charge in [-0.1, -0.05) is 12.1 Å². The number of aryl methyl sites for hydroxylation is 1. The molecule has 20 heavy (non-hydrogen) atoms. The number of benzene rings is 1. The topological polar surface area (TPSA) is 66.5 Å². The van der Waals surface area contributed by atoms with E-state index >= 15 is 0 Å². The summed E-state index contributed by atoms with van der Waals surface area (Å²) in [4.78, 5) is 11.5. The first-order valence-corrected chi connectivity index (χ1v) is 8.43. The van der Waals surface area contributed by atoms with Gasteiger partial charge in [0, 0.05) is 31.9 Å². The molecule has 0 unspecified atom stereocenters. The normalized spacial score (nSPS) is 17.6. The van der Waals surface area contributed by atoms with Gasteiger partial charge in [0.1, 0.15) is 0 Å². The Morgan fingerprint density at radius 3 is 2.55 bits per heavy atom. The van der Waals surface area contributed by atoms with E-state index in [0.29, 0.717) is 25.4 Å². The summed E-state index contributed by atoms with van der Waals surface area (Å²) in [5, 5.41) is 2.66. The van der Waals surface area contributed by atoms with E-state index in [2.05, 4.69) is 5.32 Å². The molecule has 2 rings (SSSR count). The second-order valence-electron chi connectivity index (χ2n) is 4.59. The predicted molar refractivity (Wildman–Crippen MR) is 77.3 cm³/mol. The highest BCUT2D eigenvalue weighted by Gasteiger charge is 2.26. The van der Waals surface area contributed by atoms with E-state index in [1.807, 2.05) is 0 Å². The summed E-state index contributed by atoms with van der Waals surface area (Å²) in [7, 11) is -3.53. The van der Waals surface area contributed by atoms with Crippen LogP contribution in [0, 0.1) is 0 Å². The molecule has 7 heteroatoms. The lowest BCUT2D eigenvalue weighted by Gasteiger charge is -2.19. The minimum atomic E-state index is -3.53. The average Bonchev–Trinajstić information content (AvgIpc) is 2.65. The van der Waals surface area contributed by atoms with Crippen LogP contribution in [-0.2, 0) is 21.2 Å². The van der Waals surface area contributed by atoms with Gasteiger partial charge in [0.05, 0.1) is 4.90 Å². The first-order chi connectivity index (χ1) is 9.54. The number of halogens is 1. The minimum Gasteiger partial charge on any atom is -0.355 e. The van der Waals surface area contributed by atoms with E-state index in [1.54, 1.807) is 24.3 Å². The summed E-state index contributed by atoms with van der Waals surface area (Å²) in [6.45, 7) is 0.873. The summed E-state index contributed by atoms with van der Waals surface area (Å²) in [6.07, 6.45) is 0.910. The Balaban J connectivity index is 2.18. The Hall–Kier alpha value is -1.11. The van der Waals surface area contributed by atoms with Crippen molar-refractivity contribution in [1.29, 1.82) is 0 Å². The molecule has 1 fully saturated rings. The molecule has 0 saturated carbocycles. The average molecular weight is 317 g/mol. The molecule has 0 spiro atoms. The van der Waals surface area contributed by atoms with Crippen LogP contribution in [0.2, 0.25) is 0 Å². The molecule has 0 aliphatic carbocycles. The fourth-order valence-corrected chi connectivity index (χ4v) is 3.73. The second kappa shape index (κ2) is 6.56. The standard InChI is InChI=1S/C13H17ClN2O3S/c14-7-5-11-1-3-12(4-2-11)20(18,19)16-9-6-13(17)15-8-10-16/h1-4H,5-10H2,(H,15,17). The first-order valence-electron chi connectivity index (χ1n) is 6.46. The van der Waals surface area contributed by atoms with Crippen molar-refractivity contribution in [3.8, 4) is 0 Å². The molecule has 0 radical (unpaired) electrons. The van der Waals surface area contributed by atoms with Crippen molar-refractivity contribution in [3.63, 3.8) is 0 Å². The Morgan fingerprint density at radius 2 is 1.90 bits per heavy atom. The highest BCUT2D eigenvalue weighted by molar-refractivity contribution is 7.89. The quantitative estimate of drug-likeness (QED) is 0.842. The van der Waals surface area contributed by atoms with Crippen LogP contribution in [-0.4, -0.2) is 44.1 Å². The molecule has 0 atom stereocenters. The highest BCUT2D eigenvalue weighted by atomic mass is 35.5. The second-order valence-corrected chi connectivity index (χ2v) is 6.90. The summed E-state index contributed by atoms with van der Waals surface area (Å²) >= 11 is 5.65. The van der Waals surface area contributed by atoms with Gasteiger partial charge >= 0.3 is 0 Å². The zero-order chi connectivity index (χ0) is 14.6. The van der Waals surface area contributed by atoms with Crippen LogP contribution in [0.15, 0.2) is 29.2 Å². The van der Waals surface area contributed by atoms with Gasteiger partial charge in [-0.2, -0.15) is 4.31 Å². The van der Waals surface area contributed by atoms with Gasteiger partial charge in [-0.05, 0) is 24.1 Å². The Kier molecular flexibility index (Phi) is 5.01. The Morgan fingerprint density at radius 1 is 1.20 bits per heavy atom. The number of nitrogens with zero attached hydrogens (tertiary/aromatic N) is 1. The number of carbonyl (C=O) groups is 1. The number of alkyl halides is 1. The molecule has 1 N–H and O–H groups in total. The van der Waals surface area contributed by atoms with Crippen molar-refractivity contribution in [2.75, 3.05) is 25.5 Å². The van der Waals surface area contributed by atoms with Gasteiger partial charge in [-0.15, -0.1) is 11.6 Å². The van der Waals surface area contributed by atoms with E-state index in [1.165, 1.54) is 4.31 Å². The molecular weight excluding hydrogens is 300 g/mol. The maximum absolute atomic E-state index is 12.5. The molecule has 1 aliphatic rings. The van der Waals surface area contributed by atoms with Crippen LogP contribution >= 0.6 is 11.6 Å². The first kappa shape index (κ1) is 15.3. The van der Waals surface area contributed by atoms with Crippen LogP contribution in [0.3, 0.4) is 0 Å². The van der Waals surface area contributed by atoms with Crippen LogP contribution in [0.25, 0.3) is 0 Å². The number of rotatable bonds is 4. The zero-order valence-electron chi connectivity index (χ0n) is 11.0. The summed E-state index contributed by atoms with van der Waals surface area (Å²) in [6, 6.07) is 6.74. The molecule has 1 aromatic rings. The summed E-state index contributed by atoms with van der Waals surface area (Å²) in [5.41, 5.74) is 1.01. The molecule has 1 aromatic carbocycles. The molecule has 0 aromatic heterocycles. The van der Waals surface area contributed by atoms with Crippen molar-refractivity contribution >= 4 is 27.5 Å². The minimum absolute atomic E-state index is 0.111. The van der Waals surface area contributed by atoms with E-state index in [0.717, 1.165) is 5.56 Å². The van der Waals surface area contributed by atoms with Crippen molar-refractivity contribution in [2.45, 2.75) is 17.7 Å². The van der Waals surface area contributed by atoms with Gasteiger partial charge in [0.25, 0.3) is 0 Å². The van der Waals surface area contributed by atoms with Crippen LogP contribution in [0.1, 0.15) is 12.0 Å². The van der Waals surface area contributed by atoms with Crippen molar-refractivity contribution in [2.24, 2.45) is 0 Å². The monoisotopic (exact) mass is 316 g/mol. The fraction of sp³-hybridized carbons (Fsp3) is 0.462. The third-order valence-corrected chi connectivity index (χ3v) is 5.32. The summed E-state index contributed by atoms with van der Waals surface area (Å²) < 4.78 is 26.3. The van der Waals surface area contributed by atoms with E-state index in [4.69, 9.17) is 11.6 Å². The number of nitrogens with one attached hydrogen (secondary N) is 1. The van der Waals surface area contributed by atoms with Gasteiger partial charge in [-0.3, -0.25) is 4.79 Å². The Bertz CT molecular complexity index is 572. The number of hydrogen-bond donors (Lipinski definition) is 1. The van der Waals surface area contributed by atoms with Gasteiger partial charge in [0.2, 0.25) is 15.9 Å². The summed E-state index contributed by atoms with van der Waals surface area (Å²) in [5.74, 6) is 0.395. The van der Waals surface area contributed by atoms with Crippen LogP contribution < -0.4 is 5.32 Å². The SMILES string of the molecule is O=C1CCN(S(=O)(=O)c2ccc(CCCl)cc2)CCN1. The lowest BCUT2D eigenvalue weighted by Crippen LogP contribution is -2.34. The number of sulfonamides is 1. The van der Waals surface area contributed by atoms with Gasteiger partial charge < -0.3 is 5.32 Å². The molecule has 0 bridgehead atoms. The molecule has 5 nitrogen and oxygen atoms in total. The van der Waals surface area contributed by atoms with E-state index in [9.17, 15) is 13.2 Å². The van der Waals surface area contributed by atoms with Crippen molar-refractivity contribution in [3.05, 3.63) is 29.8 Å². The molecule has 1 amide bonds. The fourth-order valence-electron chi connectivity index (χ4n) is 2.07. The maximum Gasteiger partial charge on any atom is 0.243 e. The zero-order valence-corrected chi connectivity index (χ0v) is 12.6. The molecule has 110 valence electrons. The smallest absolute Gasteiger partial charge is 0.243 e. The van der Waals surface area contributed by atoms with Gasteiger partial charge in [0.15, 0.2) is 0 Å². The molecule has 1 aliphatic heterocycles. The third-order valence-electron chi connectivity index (χ3n) is 3.22. The number of carbonyl (C=O) groups excluding carboxylic acids is 1. The number of amides is 1. The lowest BCUT2D eigenvalue weighted by molar-refractivity contribution is -0.120. The highest BCUT2D eigenvalue weighted by Crippen LogP contribution is 2.17. The molecule has 1 heterocycles. The molecule has 1 saturated heterocycles. The van der Waals surface area contributed by atoms with Gasteiger partial charge in [-0.25, -0.2) is 8.42 Å². The van der Waals surface area contributed by atoms with E-state index < -0.39 is 10.0 Å². The lowest BCUT2D eigenvalue weighted by atomic mass is 10.2. The maximum atomic E-state index is 12.5. The van der Waals surface area contributed by atoms with Crippen LogP contribution in [0.4, 0.5) is 0 Å². The largest absolute Gasteiger partial charge is 0.355 e. The Labute approximate surface area is 124 Å².